The number of nitrogens with zero attached hydrogens (tertiary/aromatic N) is 1. The quantitative estimate of drug-likeness (QED) is 0.776. The minimum Gasteiger partial charge on any atom is -0.371 e. The Morgan fingerprint density at radius 1 is 1.11 bits per heavy atom. The highest BCUT2D eigenvalue weighted by Crippen LogP contribution is 2.22. The number of rotatable bonds is 6. The van der Waals surface area contributed by atoms with E-state index in [0.717, 1.165) is 25.1 Å². The molecule has 0 aliphatic carbocycles. The Morgan fingerprint density at radius 2 is 1.85 bits per heavy atom. The first-order valence-electron chi connectivity index (χ1n) is 9.24. The van der Waals surface area contributed by atoms with Gasteiger partial charge in [-0.3, -0.25) is 9.59 Å². The molecule has 0 bridgehead atoms. The number of hydrogen-bond donors (Lipinski definition) is 2. The lowest BCUT2D eigenvalue weighted by Crippen LogP contribution is -2.29. The van der Waals surface area contributed by atoms with Crippen LogP contribution >= 0.6 is 0 Å². The second-order valence-corrected chi connectivity index (χ2v) is 6.72. The van der Waals surface area contributed by atoms with E-state index >= 15 is 0 Å². The van der Waals surface area contributed by atoms with Crippen molar-refractivity contribution in [1.29, 1.82) is 0 Å². The summed E-state index contributed by atoms with van der Waals surface area (Å²) in [5.74, 6) is 0.252. The van der Waals surface area contributed by atoms with Crippen molar-refractivity contribution in [2.24, 2.45) is 5.92 Å². The standard InChI is InChI=1S/C22H25N3O2/c1-23-22(27)19-10-7-17(8-11-19)9-12-21(26)24-15-18-13-14-25(16-18)20-5-3-2-4-6-20/h2-12,18H,13-16H2,1H3,(H,23,27)(H,24,26)/b12-9+. The molecule has 1 atom stereocenters. The van der Waals surface area contributed by atoms with Gasteiger partial charge in [0.2, 0.25) is 5.91 Å². The summed E-state index contributed by atoms with van der Waals surface area (Å²) in [5, 5.41) is 5.57. The summed E-state index contributed by atoms with van der Waals surface area (Å²) in [7, 11) is 1.60. The molecule has 0 radical (unpaired) electrons. The molecule has 0 saturated carbocycles. The van der Waals surface area contributed by atoms with Crippen LogP contribution in [-0.2, 0) is 4.79 Å². The van der Waals surface area contributed by atoms with E-state index in [0.29, 0.717) is 18.0 Å². The zero-order valence-electron chi connectivity index (χ0n) is 15.5. The molecular formula is C22H25N3O2. The zero-order valence-corrected chi connectivity index (χ0v) is 15.5. The van der Waals surface area contributed by atoms with Crippen molar-refractivity contribution in [2.45, 2.75) is 6.42 Å². The van der Waals surface area contributed by atoms with Gasteiger partial charge in [0.25, 0.3) is 5.91 Å². The van der Waals surface area contributed by atoms with Crippen LogP contribution in [-0.4, -0.2) is 38.5 Å². The van der Waals surface area contributed by atoms with Crippen molar-refractivity contribution in [3.8, 4) is 0 Å². The van der Waals surface area contributed by atoms with Crippen molar-refractivity contribution in [3.63, 3.8) is 0 Å². The lowest BCUT2D eigenvalue weighted by molar-refractivity contribution is -0.116. The molecule has 2 aromatic rings. The van der Waals surface area contributed by atoms with Crippen LogP contribution in [0.4, 0.5) is 5.69 Å². The normalized spacial score (nSPS) is 16.5. The Balaban J connectivity index is 1.44. The number of carbonyl (C=O) groups excluding carboxylic acids is 2. The second kappa shape index (κ2) is 9.03. The van der Waals surface area contributed by atoms with Crippen molar-refractivity contribution in [3.05, 3.63) is 71.8 Å². The molecule has 27 heavy (non-hydrogen) atoms. The van der Waals surface area contributed by atoms with E-state index in [2.05, 4.69) is 39.8 Å². The molecule has 0 spiro atoms. The SMILES string of the molecule is CNC(=O)c1ccc(/C=C/C(=O)NCC2CCN(c3ccccc3)C2)cc1. The zero-order chi connectivity index (χ0) is 19.1. The van der Waals surface area contributed by atoms with Gasteiger partial charge in [0.1, 0.15) is 0 Å². The molecule has 2 N–H and O–H groups in total. The summed E-state index contributed by atoms with van der Waals surface area (Å²) in [6.07, 6.45) is 4.38. The molecule has 1 aliphatic heterocycles. The van der Waals surface area contributed by atoms with Gasteiger partial charge in [-0.1, -0.05) is 30.3 Å². The topological polar surface area (TPSA) is 61.4 Å². The molecule has 1 unspecified atom stereocenters. The van der Waals surface area contributed by atoms with Crippen LogP contribution in [0.25, 0.3) is 6.08 Å². The minimum atomic E-state index is -0.121. The first kappa shape index (κ1) is 18.7. The molecule has 0 aromatic heterocycles. The maximum absolute atomic E-state index is 12.1. The Labute approximate surface area is 160 Å². The van der Waals surface area contributed by atoms with Crippen LogP contribution in [0.15, 0.2) is 60.7 Å². The van der Waals surface area contributed by atoms with Crippen molar-refractivity contribution >= 4 is 23.6 Å². The number of nitrogens with one attached hydrogen (secondary N) is 2. The van der Waals surface area contributed by atoms with Crippen LogP contribution in [0.2, 0.25) is 0 Å². The number of hydrogen-bond acceptors (Lipinski definition) is 3. The molecule has 1 aliphatic rings. The van der Waals surface area contributed by atoms with Crippen LogP contribution in [0.1, 0.15) is 22.3 Å². The molecule has 5 nitrogen and oxygen atoms in total. The number of benzene rings is 2. The highest BCUT2D eigenvalue weighted by Gasteiger charge is 2.22. The third kappa shape index (κ3) is 5.20. The third-order valence-corrected chi connectivity index (χ3v) is 4.80. The highest BCUT2D eigenvalue weighted by molar-refractivity contribution is 5.94. The lowest BCUT2D eigenvalue weighted by Gasteiger charge is -2.18. The summed E-state index contributed by atoms with van der Waals surface area (Å²) in [4.78, 5) is 26.0. The van der Waals surface area contributed by atoms with Crippen LogP contribution in [0.5, 0.6) is 0 Å². The van der Waals surface area contributed by atoms with Gasteiger partial charge in [-0.15, -0.1) is 0 Å². The lowest BCUT2D eigenvalue weighted by atomic mass is 10.1. The summed E-state index contributed by atoms with van der Waals surface area (Å²) >= 11 is 0. The van der Waals surface area contributed by atoms with E-state index in [1.807, 2.05) is 18.2 Å². The first-order valence-corrected chi connectivity index (χ1v) is 9.24. The highest BCUT2D eigenvalue weighted by atomic mass is 16.2. The van der Waals surface area contributed by atoms with Crippen molar-refractivity contribution < 1.29 is 9.59 Å². The summed E-state index contributed by atoms with van der Waals surface area (Å²) in [6, 6.07) is 17.5. The smallest absolute Gasteiger partial charge is 0.251 e. The van der Waals surface area contributed by atoms with E-state index in [1.165, 1.54) is 5.69 Å². The van der Waals surface area contributed by atoms with Crippen LogP contribution < -0.4 is 15.5 Å². The molecular weight excluding hydrogens is 338 g/mol. The summed E-state index contributed by atoms with van der Waals surface area (Å²) in [5.41, 5.74) is 2.73. The minimum absolute atomic E-state index is 0.0939. The fourth-order valence-corrected chi connectivity index (χ4v) is 3.24. The molecule has 3 rings (SSSR count). The van der Waals surface area contributed by atoms with E-state index < -0.39 is 0 Å². The van der Waals surface area contributed by atoms with Gasteiger partial charge in [0.05, 0.1) is 0 Å². The van der Waals surface area contributed by atoms with E-state index in [4.69, 9.17) is 0 Å². The molecule has 1 fully saturated rings. The Bertz CT molecular complexity index is 800. The first-order chi connectivity index (χ1) is 13.2. The molecule has 5 heteroatoms. The molecule has 1 saturated heterocycles. The van der Waals surface area contributed by atoms with Crippen molar-refractivity contribution in [2.75, 3.05) is 31.6 Å². The number of para-hydroxylation sites is 1. The second-order valence-electron chi connectivity index (χ2n) is 6.72. The Morgan fingerprint density at radius 3 is 2.56 bits per heavy atom. The molecule has 1 heterocycles. The third-order valence-electron chi connectivity index (χ3n) is 4.80. The predicted octanol–water partition coefficient (Wildman–Crippen LogP) is 2.70. The summed E-state index contributed by atoms with van der Waals surface area (Å²) < 4.78 is 0. The largest absolute Gasteiger partial charge is 0.371 e. The van der Waals surface area contributed by atoms with Gasteiger partial charge in [-0.05, 0) is 48.2 Å². The molecule has 2 amide bonds. The maximum atomic E-state index is 12.1. The van der Waals surface area contributed by atoms with Gasteiger partial charge in [0, 0.05) is 44.0 Å². The molecule has 2 aromatic carbocycles. The molecule has 140 valence electrons. The Hall–Kier alpha value is -3.08. The van der Waals surface area contributed by atoms with Gasteiger partial charge in [-0.25, -0.2) is 0 Å². The maximum Gasteiger partial charge on any atom is 0.251 e. The van der Waals surface area contributed by atoms with Crippen LogP contribution in [0.3, 0.4) is 0 Å². The number of carbonyl (C=O) groups is 2. The van der Waals surface area contributed by atoms with Gasteiger partial charge >= 0.3 is 0 Å². The number of amides is 2. The van der Waals surface area contributed by atoms with Gasteiger partial charge in [-0.2, -0.15) is 0 Å². The van der Waals surface area contributed by atoms with Gasteiger partial charge < -0.3 is 15.5 Å². The fraction of sp³-hybridized carbons (Fsp3) is 0.273. The van der Waals surface area contributed by atoms with E-state index in [9.17, 15) is 9.59 Å². The van der Waals surface area contributed by atoms with Crippen molar-refractivity contribution in [1.82, 2.24) is 10.6 Å². The van der Waals surface area contributed by atoms with E-state index in [1.54, 1.807) is 31.3 Å². The van der Waals surface area contributed by atoms with Gasteiger partial charge in [0.15, 0.2) is 0 Å². The average molecular weight is 363 g/mol. The fourth-order valence-electron chi connectivity index (χ4n) is 3.24. The monoisotopic (exact) mass is 363 g/mol. The number of anilines is 1. The summed E-state index contributed by atoms with van der Waals surface area (Å²) in [6.45, 7) is 2.68. The Kier molecular flexibility index (Phi) is 6.26. The average Bonchev–Trinajstić information content (AvgIpc) is 3.20. The van der Waals surface area contributed by atoms with Crippen LogP contribution in [0, 0.1) is 5.92 Å². The van der Waals surface area contributed by atoms with E-state index in [-0.39, 0.29) is 11.8 Å². The predicted molar refractivity (Wildman–Crippen MR) is 109 cm³/mol.